The number of rotatable bonds is 16. The number of aldehydes is 1. The average Bonchev–Trinajstić information content (AvgIpc) is 3.23. The Morgan fingerprint density at radius 3 is 1.80 bits per heavy atom. The molecule has 1 atom stereocenters. The maximum absolute atomic E-state index is 13.2. The van der Waals surface area contributed by atoms with Crippen LogP contribution in [0.2, 0.25) is 0 Å². The molecule has 274 valence electrons. The minimum absolute atomic E-state index is 0.0469. The van der Waals surface area contributed by atoms with Gasteiger partial charge in [-0.15, -0.1) is 0 Å². The molecule has 0 saturated heterocycles. The highest BCUT2D eigenvalue weighted by Gasteiger charge is 2.38. The van der Waals surface area contributed by atoms with Crippen molar-refractivity contribution < 1.29 is 23.8 Å². The number of benzene rings is 5. The van der Waals surface area contributed by atoms with Crippen LogP contribution in [0.25, 0.3) is 0 Å². The second-order valence-corrected chi connectivity index (χ2v) is 13.4. The Balaban J connectivity index is 1.50. The van der Waals surface area contributed by atoms with Gasteiger partial charge in [0, 0.05) is 24.1 Å². The van der Waals surface area contributed by atoms with Crippen LogP contribution in [0.4, 0.5) is 5.82 Å². The number of pyridine rings is 1. The fourth-order valence-electron chi connectivity index (χ4n) is 7.05. The fraction of sp³-hybridized carbons (Fsp3) is 0.213. The van der Waals surface area contributed by atoms with Gasteiger partial charge in [-0.1, -0.05) is 127 Å². The van der Waals surface area contributed by atoms with Crippen molar-refractivity contribution in [1.29, 1.82) is 0 Å². The Hall–Kier alpha value is -6.05. The average molecular weight is 719 g/mol. The Labute approximate surface area is 318 Å². The molecule has 0 unspecified atom stereocenters. The molecule has 0 aliphatic carbocycles. The van der Waals surface area contributed by atoms with Gasteiger partial charge in [0.2, 0.25) is 0 Å². The first-order chi connectivity index (χ1) is 26.4. The van der Waals surface area contributed by atoms with E-state index < -0.39 is 17.5 Å². The molecule has 1 aromatic heterocycles. The zero-order valence-electron chi connectivity index (χ0n) is 31.2. The summed E-state index contributed by atoms with van der Waals surface area (Å²) >= 11 is 0. The zero-order valence-corrected chi connectivity index (χ0v) is 31.2. The minimum Gasteiger partial charge on any atom is -0.497 e. The third kappa shape index (κ3) is 8.27. The van der Waals surface area contributed by atoms with Crippen LogP contribution >= 0.6 is 0 Å². The van der Waals surface area contributed by atoms with E-state index in [1.165, 1.54) is 7.11 Å². The van der Waals surface area contributed by atoms with Gasteiger partial charge in [0.25, 0.3) is 0 Å². The number of ether oxygens (including phenoxy) is 3. The number of methoxy groups -OCH3 is 2. The monoisotopic (exact) mass is 718 g/mol. The first-order valence-corrected chi connectivity index (χ1v) is 18.2. The number of carbonyl (C=O) groups is 2. The van der Waals surface area contributed by atoms with E-state index in [4.69, 9.17) is 19.2 Å². The Kier molecular flexibility index (Phi) is 12.3. The molecule has 7 heteroatoms. The summed E-state index contributed by atoms with van der Waals surface area (Å²) in [6.45, 7) is 4.98. The van der Waals surface area contributed by atoms with Crippen molar-refractivity contribution in [3.63, 3.8) is 0 Å². The van der Waals surface area contributed by atoms with Gasteiger partial charge in [0.1, 0.15) is 17.2 Å². The molecule has 7 nitrogen and oxygen atoms in total. The lowest BCUT2D eigenvalue weighted by atomic mass is 9.80. The second kappa shape index (κ2) is 17.6. The Bertz CT molecular complexity index is 2030. The molecule has 6 rings (SSSR count). The molecule has 0 aliphatic rings. The smallest absolute Gasteiger partial charge is 0.306 e. The van der Waals surface area contributed by atoms with E-state index in [1.54, 1.807) is 13.2 Å². The highest BCUT2D eigenvalue weighted by Crippen LogP contribution is 2.43. The van der Waals surface area contributed by atoms with Crippen molar-refractivity contribution in [2.75, 3.05) is 19.1 Å². The van der Waals surface area contributed by atoms with E-state index in [1.807, 2.05) is 97.1 Å². The highest BCUT2D eigenvalue weighted by atomic mass is 16.5. The molecule has 54 heavy (non-hydrogen) atoms. The van der Waals surface area contributed by atoms with E-state index in [2.05, 4.69) is 67.3 Å². The summed E-state index contributed by atoms with van der Waals surface area (Å²) in [5.74, 6) is 0.258. The van der Waals surface area contributed by atoms with Gasteiger partial charge >= 0.3 is 5.97 Å². The molecule has 0 aliphatic heterocycles. The van der Waals surface area contributed by atoms with Crippen molar-refractivity contribution >= 4 is 18.1 Å². The molecule has 0 spiro atoms. The predicted molar refractivity (Wildman–Crippen MR) is 213 cm³/mol. The first kappa shape index (κ1) is 37.7. The van der Waals surface area contributed by atoms with Gasteiger partial charge in [0.05, 0.1) is 32.9 Å². The van der Waals surface area contributed by atoms with E-state index in [-0.39, 0.29) is 19.1 Å². The number of hydrogen-bond acceptors (Lipinski definition) is 7. The number of aromatic nitrogens is 1. The predicted octanol–water partition coefficient (Wildman–Crippen LogP) is 9.52. The van der Waals surface area contributed by atoms with Gasteiger partial charge in [0.15, 0.2) is 6.29 Å². The van der Waals surface area contributed by atoms with Crippen LogP contribution in [-0.4, -0.2) is 37.5 Å². The van der Waals surface area contributed by atoms with Gasteiger partial charge < -0.3 is 19.1 Å². The standard InChI is InChI=1S/C47H46N2O5/c1-34(2)49(31-35-17-9-5-10-18-35)44-28-25-36(32-50)46(48-44)43(30-45(51)53-4)42-27-26-41(52-3)29-37(42)33-54-47(38-19-11-6-12-20-38,39-21-13-7-14-22-39)40-23-15-8-16-24-40/h5-29,32,34,43H,30-31,33H2,1-4H3/t43-/m1/s1. The lowest BCUT2D eigenvalue weighted by Gasteiger charge is -2.36. The molecule has 0 saturated carbocycles. The molecule has 0 N–H and O–H groups in total. The third-order valence-corrected chi connectivity index (χ3v) is 9.82. The van der Waals surface area contributed by atoms with E-state index in [9.17, 15) is 9.59 Å². The van der Waals surface area contributed by atoms with E-state index >= 15 is 0 Å². The van der Waals surface area contributed by atoms with Gasteiger partial charge in [-0.2, -0.15) is 0 Å². The fourth-order valence-corrected chi connectivity index (χ4v) is 7.05. The van der Waals surface area contributed by atoms with Gasteiger partial charge in [-0.25, -0.2) is 4.98 Å². The first-order valence-electron chi connectivity index (χ1n) is 18.2. The highest BCUT2D eigenvalue weighted by molar-refractivity contribution is 5.79. The maximum atomic E-state index is 13.2. The molecular formula is C47H46N2O5. The van der Waals surface area contributed by atoms with Crippen LogP contribution < -0.4 is 9.64 Å². The number of anilines is 1. The largest absolute Gasteiger partial charge is 0.497 e. The Morgan fingerprint density at radius 1 is 0.741 bits per heavy atom. The van der Waals surface area contributed by atoms with Crippen LogP contribution in [0, 0.1) is 0 Å². The molecule has 5 aromatic carbocycles. The summed E-state index contributed by atoms with van der Waals surface area (Å²) in [5.41, 5.74) is 5.45. The molecule has 0 amide bonds. The normalized spacial score (nSPS) is 11.9. The van der Waals surface area contributed by atoms with Crippen molar-refractivity contribution in [3.8, 4) is 5.75 Å². The van der Waals surface area contributed by atoms with Crippen LogP contribution in [-0.2, 0) is 33.0 Å². The quantitative estimate of drug-likeness (QED) is 0.0561. The van der Waals surface area contributed by atoms with Crippen LogP contribution in [0.15, 0.2) is 152 Å². The van der Waals surface area contributed by atoms with Crippen LogP contribution in [0.1, 0.15) is 75.6 Å². The van der Waals surface area contributed by atoms with Gasteiger partial charge in [-0.05, 0) is 71.5 Å². The maximum Gasteiger partial charge on any atom is 0.306 e. The number of carbonyl (C=O) groups excluding carboxylic acids is 2. The summed E-state index contributed by atoms with van der Waals surface area (Å²) in [5, 5.41) is 0. The van der Waals surface area contributed by atoms with Crippen molar-refractivity contribution in [2.24, 2.45) is 0 Å². The third-order valence-electron chi connectivity index (χ3n) is 9.82. The van der Waals surface area contributed by atoms with Crippen LogP contribution in [0.5, 0.6) is 5.75 Å². The second-order valence-electron chi connectivity index (χ2n) is 13.4. The van der Waals surface area contributed by atoms with Crippen molar-refractivity contribution in [2.45, 2.75) is 51.0 Å². The van der Waals surface area contributed by atoms with E-state index in [0.717, 1.165) is 39.7 Å². The molecular weight excluding hydrogens is 673 g/mol. The number of nitrogens with zero attached hydrogens (tertiary/aromatic N) is 2. The summed E-state index contributed by atoms with van der Waals surface area (Å²) in [4.78, 5) is 33.3. The summed E-state index contributed by atoms with van der Waals surface area (Å²) in [6.07, 6.45) is 0.757. The van der Waals surface area contributed by atoms with Gasteiger partial charge in [-0.3, -0.25) is 9.59 Å². The topological polar surface area (TPSA) is 78.0 Å². The SMILES string of the molecule is COC(=O)C[C@H](c1ccc(OC)cc1COC(c1ccccc1)(c1ccccc1)c1ccccc1)c1nc(N(Cc2ccccc2)C(C)C)ccc1C=O. The number of esters is 1. The molecule has 1 heterocycles. The molecule has 0 radical (unpaired) electrons. The lowest BCUT2D eigenvalue weighted by molar-refractivity contribution is -0.140. The van der Waals surface area contributed by atoms with E-state index in [0.29, 0.717) is 29.4 Å². The Morgan fingerprint density at radius 2 is 1.30 bits per heavy atom. The van der Waals surface area contributed by atoms with Crippen LogP contribution in [0.3, 0.4) is 0 Å². The zero-order chi connectivity index (χ0) is 37.9. The lowest BCUT2D eigenvalue weighted by Crippen LogP contribution is -2.33. The van der Waals surface area contributed by atoms with Crippen molar-refractivity contribution in [1.82, 2.24) is 4.98 Å². The molecule has 6 aromatic rings. The minimum atomic E-state index is -0.997. The molecule has 0 fully saturated rings. The summed E-state index contributed by atoms with van der Waals surface area (Å²) < 4.78 is 18.3. The summed E-state index contributed by atoms with van der Waals surface area (Å²) in [7, 11) is 2.99. The summed E-state index contributed by atoms with van der Waals surface area (Å²) in [6, 6.07) is 50.2. The number of hydrogen-bond donors (Lipinski definition) is 0. The molecule has 0 bridgehead atoms. The van der Waals surface area contributed by atoms with Crippen molar-refractivity contribution in [3.05, 3.63) is 196 Å².